The number of halogens is 1. The summed E-state index contributed by atoms with van der Waals surface area (Å²) in [6.45, 7) is 2.84. The molecule has 1 aromatic rings. The van der Waals surface area contributed by atoms with E-state index in [-0.39, 0.29) is 0 Å². The molecule has 1 aromatic carbocycles. The van der Waals surface area contributed by atoms with Gasteiger partial charge in [0.05, 0.1) is 13.2 Å². The molecule has 3 N–H and O–H groups in total. The van der Waals surface area contributed by atoms with Crippen molar-refractivity contribution in [3.63, 3.8) is 0 Å². The lowest BCUT2D eigenvalue weighted by molar-refractivity contribution is 0.0691. The second-order valence-corrected chi connectivity index (χ2v) is 5.17. The first-order valence-electron chi connectivity index (χ1n) is 6.55. The van der Waals surface area contributed by atoms with Crippen LogP contribution in [0.5, 0.6) is 0 Å². The lowest BCUT2D eigenvalue weighted by Gasteiger charge is -2.11. The molecule has 0 aliphatic carbocycles. The Morgan fingerprint density at radius 1 is 1.30 bits per heavy atom. The van der Waals surface area contributed by atoms with Gasteiger partial charge in [0.1, 0.15) is 4.99 Å². The van der Waals surface area contributed by atoms with Crippen molar-refractivity contribution in [2.75, 3.05) is 38.8 Å². The molecule has 0 amide bonds. The number of nitrogens with one attached hydrogen (secondary N) is 1. The van der Waals surface area contributed by atoms with Crippen LogP contribution < -0.4 is 11.1 Å². The van der Waals surface area contributed by atoms with E-state index < -0.39 is 0 Å². The van der Waals surface area contributed by atoms with Gasteiger partial charge < -0.3 is 20.5 Å². The van der Waals surface area contributed by atoms with E-state index in [1.807, 2.05) is 12.1 Å². The summed E-state index contributed by atoms with van der Waals surface area (Å²) in [4.78, 5) is 0.368. The van der Waals surface area contributed by atoms with E-state index in [0.29, 0.717) is 23.2 Å². The molecule has 112 valence electrons. The van der Waals surface area contributed by atoms with Crippen LogP contribution in [0.25, 0.3) is 0 Å². The third-order valence-electron chi connectivity index (χ3n) is 2.71. The quantitative estimate of drug-likeness (QED) is 0.513. The van der Waals surface area contributed by atoms with Crippen LogP contribution in [0.4, 0.5) is 5.69 Å². The van der Waals surface area contributed by atoms with Gasteiger partial charge in [0, 0.05) is 36.5 Å². The number of benzene rings is 1. The molecule has 0 aliphatic heterocycles. The number of unbranched alkanes of at least 4 members (excludes halogenated alkanes) is 1. The number of anilines is 1. The van der Waals surface area contributed by atoms with Gasteiger partial charge in [0.25, 0.3) is 0 Å². The highest BCUT2D eigenvalue weighted by molar-refractivity contribution is 7.80. The van der Waals surface area contributed by atoms with E-state index in [2.05, 4.69) is 5.32 Å². The van der Waals surface area contributed by atoms with Gasteiger partial charge in [-0.2, -0.15) is 0 Å². The predicted octanol–water partition coefficient (Wildman–Crippen LogP) is 2.83. The number of hydrogen-bond acceptors (Lipinski definition) is 4. The summed E-state index contributed by atoms with van der Waals surface area (Å²) in [5.41, 5.74) is 7.38. The Kier molecular flexibility index (Phi) is 8.53. The molecule has 0 heterocycles. The maximum Gasteiger partial charge on any atom is 0.106 e. The van der Waals surface area contributed by atoms with Crippen molar-refractivity contribution in [1.29, 1.82) is 0 Å². The number of rotatable bonds is 10. The fraction of sp³-hybridized carbons (Fsp3) is 0.500. The maximum atomic E-state index is 5.98. The fourth-order valence-electron chi connectivity index (χ4n) is 1.67. The van der Waals surface area contributed by atoms with Crippen molar-refractivity contribution in [3.8, 4) is 0 Å². The van der Waals surface area contributed by atoms with Crippen LogP contribution in [0.1, 0.15) is 18.4 Å². The number of hydrogen-bond donors (Lipinski definition) is 2. The topological polar surface area (TPSA) is 56.5 Å². The molecule has 20 heavy (non-hydrogen) atoms. The summed E-state index contributed by atoms with van der Waals surface area (Å²) in [6.07, 6.45) is 1.98. The summed E-state index contributed by atoms with van der Waals surface area (Å²) in [7, 11) is 1.66. The second kappa shape index (κ2) is 9.94. The SMILES string of the molecule is COCCOCCCCNc1cc(Cl)ccc1C(N)=S. The van der Waals surface area contributed by atoms with Gasteiger partial charge in [-0.1, -0.05) is 23.8 Å². The zero-order valence-corrected chi connectivity index (χ0v) is 13.2. The van der Waals surface area contributed by atoms with Crippen molar-refractivity contribution in [2.24, 2.45) is 5.73 Å². The Morgan fingerprint density at radius 2 is 2.10 bits per heavy atom. The van der Waals surface area contributed by atoms with Crippen molar-refractivity contribution in [1.82, 2.24) is 0 Å². The van der Waals surface area contributed by atoms with Crippen LogP contribution in [0, 0.1) is 0 Å². The molecule has 0 aromatic heterocycles. The first-order valence-corrected chi connectivity index (χ1v) is 7.33. The highest BCUT2D eigenvalue weighted by Gasteiger charge is 2.05. The third-order valence-corrected chi connectivity index (χ3v) is 3.16. The largest absolute Gasteiger partial charge is 0.389 e. The van der Waals surface area contributed by atoms with Crippen LogP contribution >= 0.6 is 23.8 Å². The minimum atomic E-state index is 0.368. The fourth-order valence-corrected chi connectivity index (χ4v) is 2.02. The Hall–Kier alpha value is -0.880. The molecule has 0 aliphatic rings. The van der Waals surface area contributed by atoms with E-state index in [4.69, 9.17) is 39.0 Å². The smallest absolute Gasteiger partial charge is 0.106 e. The molecule has 0 spiro atoms. The van der Waals surface area contributed by atoms with Gasteiger partial charge in [0.2, 0.25) is 0 Å². The molecular formula is C14H21ClN2O2S. The Labute approximate surface area is 130 Å². The van der Waals surface area contributed by atoms with E-state index in [9.17, 15) is 0 Å². The van der Waals surface area contributed by atoms with Crippen LogP contribution in [-0.4, -0.2) is 38.5 Å². The summed E-state index contributed by atoms with van der Waals surface area (Å²) in [6, 6.07) is 5.46. The van der Waals surface area contributed by atoms with E-state index in [1.165, 1.54) is 0 Å². The predicted molar refractivity (Wildman–Crippen MR) is 87.8 cm³/mol. The standard InChI is InChI=1S/C14H21ClN2O2S/c1-18-8-9-19-7-3-2-6-17-13-10-11(15)4-5-12(13)14(16)20/h4-5,10,17H,2-3,6-9H2,1H3,(H2,16,20). The Bertz CT molecular complexity index is 430. The molecule has 4 nitrogen and oxygen atoms in total. The van der Waals surface area contributed by atoms with Crippen LogP contribution in [0.15, 0.2) is 18.2 Å². The van der Waals surface area contributed by atoms with Gasteiger partial charge >= 0.3 is 0 Å². The maximum absolute atomic E-state index is 5.98. The van der Waals surface area contributed by atoms with Gasteiger partial charge in [-0.15, -0.1) is 0 Å². The summed E-state index contributed by atoms with van der Waals surface area (Å²) in [5.74, 6) is 0. The molecule has 0 bridgehead atoms. The van der Waals surface area contributed by atoms with E-state index >= 15 is 0 Å². The first-order chi connectivity index (χ1) is 9.65. The zero-order chi connectivity index (χ0) is 14.8. The number of thiocarbonyl (C=S) groups is 1. The monoisotopic (exact) mass is 316 g/mol. The van der Waals surface area contributed by atoms with Crippen molar-refractivity contribution in [2.45, 2.75) is 12.8 Å². The lowest BCUT2D eigenvalue weighted by atomic mass is 10.1. The van der Waals surface area contributed by atoms with E-state index in [0.717, 1.165) is 37.2 Å². The second-order valence-electron chi connectivity index (χ2n) is 4.29. The lowest BCUT2D eigenvalue weighted by Crippen LogP contribution is -2.14. The van der Waals surface area contributed by atoms with Gasteiger partial charge in [0.15, 0.2) is 0 Å². The van der Waals surface area contributed by atoms with Crippen molar-refractivity contribution < 1.29 is 9.47 Å². The third kappa shape index (κ3) is 6.52. The normalized spacial score (nSPS) is 10.5. The van der Waals surface area contributed by atoms with Crippen LogP contribution in [0.2, 0.25) is 5.02 Å². The summed E-state index contributed by atoms with van der Waals surface area (Å²) >= 11 is 11.0. The minimum absolute atomic E-state index is 0.368. The highest BCUT2D eigenvalue weighted by atomic mass is 35.5. The zero-order valence-electron chi connectivity index (χ0n) is 11.7. The Morgan fingerprint density at radius 3 is 2.80 bits per heavy atom. The average molecular weight is 317 g/mol. The van der Waals surface area contributed by atoms with Gasteiger partial charge in [-0.05, 0) is 31.0 Å². The number of nitrogens with two attached hydrogens (primary N) is 1. The molecule has 1 rings (SSSR count). The average Bonchev–Trinajstić information content (AvgIpc) is 2.41. The molecule has 0 radical (unpaired) electrons. The Balaban J connectivity index is 2.28. The first kappa shape index (κ1) is 17.2. The molecule has 0 unspecified atom stereocenters. The van der Waals surface area contributed by atoms with E-state index in [1.54, 1.807) is 13.2 Å². The number of ether oxygens (including phenoxy) is 2. The number of methoxy groups -OCH3 is 1. The minimum Gasteiger partial charge on any atom is -0.389 e. The van der Waals surface area contributed by atoms with Gasteiger partial charge in [-0.3, -0.25) is 0 Å². The van der Waals surface area contributed by atoms with Crippen molar-refractivity contribution in [3.05, 3.63) is 28.8 Å². The molecule has 6 heteroatoms. The van der Waals surface area contributed by atoms with Crippen molar-refractivity contribution >= 4 is 34.5 Å². The van der Waals surface area contributed by atoms with Crippen LogP contribution in [0.3, 0.4) is 0 Å². The molecule has 0 saturated heterocycles. The molecule has 0 atom stereocenters. The highest BCUT2D eigenvalue weighted by Crippen LogP contribution is 2.21. The van der Waals surface area contributed by atoms with Crippen LogP contribution in [-0.2, 0) is 9.47 Å². The summed E-state index contributed by atoms with van der Waals surface area (Å²) < 4.78 is 10.3. The molecule has 0 saturated carbocycles. The van der Waals surface area contributed by atoms with Gasteiger partial charge in [-0.25, -0.2) is 0 Å². The summed E-state index contributed by atoms with van der Waals surface area (Å²) in [5, 5.41) is 3.97. The molecule has 0 fully saturated rings. The molecular weight excluding hydrogens is 296 g/mol.